The Labute approximate surface area is 185 Å². The molecule has 0 saturated heterocycles. The molecule has 0 atom stereocenters. The third kappa shape index (κ3) is 5.27. The van der Waals surface area contributed by atoms with Gasteiger partial charge >= 0.3 is 0 Å². The first kappa shape index (κ1) is 21.0. The standard InChI is InChI=1S/C23H25N5O2S/c1-23(2,3)18-14-19(28(26-18)15-16-8-5-4-6-9-16)24-20(29)11-12-21-25-22(27-30-21)17-10-7-13-31-17/h4-10,13-14H,11-12,15H2,1-3H3,(H,24,29). The Morgan fingerprint density at radius 1 is 1.16 bits per heavy atom. The minimum Gasteiger partial charge on any atom is -0.339 e. The zero-order valence-corrected chi connectivity index (χ0v) is 18.6. The highest BCUT2D eigenvalue weighted by Crippen LogP contribution is 2.25. The summed E-state index contributed by atoms with van der Waals surface area (Å²) in [5.41, 5.74) is 1.92. The number of benzene rings is 1. The van der Waals surface area contributed by atoms with Crippen LogP contribution in [0.3, 0.4) is 0 Å². The average molecular weight is 436 g/mol. The molecule has 0 spiro atoms. The summed E-state index contributed by atoms with van der Waals surface area (Å²) in [6, 6.07) is 15.9. The fraction of sp³-hybridized carbons (Fsp3) is 0.304. The number of nitrogens with zero attached hydrogens (tertiary/aromatic N) is 4. The van der Waals surface area contributed by atoms with Crippen molar-refractivity contribution in [1.29, 1.82) is 0 Å². The van der Waals surface area contributed by atoms with Crippen LogP contribution in [-0.4, -0.2) is 25.8 Å². The van der Waals surface area contributed by atoms with Gasteiger partial charge in [0.2, 0.25) is 17.6 Å². The second-order valence-corrected chi connectivity index (χ2v) is 9.29. The second kappa shape index (κ2) is 8.85. The van der Waals surface area contributed by atoms with Gasteiger partial charge in [0.25, 0.3) is 0 Å². The van der Waals surface area contributed by atoms with Crippen molar-refractivity contribution in [3.8, 4) is 10.7 Å². The molecule has 0 radical (unpaired) electrons. The summed E-state index contributed by atoms with van der Waals surface area (Å²) in [6.45, 7) is 6.90. The monoisotopic (exact) mass is 435 g/mol. The molecule has 0 unspecified atom stereocenters. The number of anilines is 1. The number of hydrogen-bond donors (Lipinski definition) is 1. The molecule has 0 aliphatic carbocycles. The lowest BCUT2D eigenvalue weighted by atomic mass is 9.92. The van der Waals surface area contributed by atoms with Gasteiger partial charge in [-0.25, -0.2) is 4.68 Å². The number of rotatable bonds is 7. The van der Waals surface area contributed by atoms with E-state index in [9.17, 15) is 4.79 Å². The Hall–Kier alpha value is -3.26. The molecule has 0 bridgehead atoms. The van der Waals surface area contributed by atoms with E-state index in [-0.39, 0.29) is 17.7 Å². The Morgan fingerprint density at radius 2 is 1.97 bits per heavy atom. The predicted molar refractivity (Wildman–Crippen MR) is 121 cm³/mol. The Balaban J connectivity index is 1.43. The predicted octanol–water partition coefficient (Wildman–Crippen LogP) is 4.91. The number of carbonyl (C=O) groups is 1. The van der Waals surface area contributed by atoms with Gasteiger partial charge in [-0.1, -0.05) is 62.3 Å². The van der Waals surface area contributed by atoms with Crippen LogP contribution in [0.25, 0.3) is 10.7 Å². The minimum absolute atomic E-state index is 0.120. The van der Waals surface area contributed by atoms with E-state index in [0.29, 0.717) is 30.5 Å². The molecule has 160 valence electrons. The van der Waals surface area contributed by atoms with E-state index in [1.807, 2.05) is 58.6 Å². The third-order valence-corrected chi connectivity index (χ3v) is 5.63. The van der Waals surface area contributed by atoms with Crippen LogP contribution in [0.4, 0.5) is 5.82 Å². The summed E-state index contributed by atoms with van der Waals surface area (Å²) in [5, 5.41) is 13.7. The summed E-state index contributed by atoms with van der Waals surface area (Å²) in [5.74, 6) is 1.57. The highest BCUT2D eigenvalue weighted by molar-refractivity contribution is 7.13. The van der Waals surface area contributed by atoms with Crippen LogP contribution in [0.1, 0.15) is 44.3 Å². The summed E-state index contributed by atoms with van der Waals surface area (Å²) < 4.78 is 7.13. The van der Waals surface area contributed by atoms with Crippen LogP contribution < -0.4 is 5.32 Å². The average Bonchev–Trinajstić information content (AvgIpc) is 3.48. The lowest BCUT2D eigenvalue weighted by Crippen LogP contribution is -2.16. The summed E-state index contributed by atoms with van der Waals surface area (Å²) in [4.78, 5) is 18.0. The molecule has 1 aromatic carbocycles. The summed E-state index contributed by atoms with van der Waals surface area (Å²) >= 11 is 1.55. The van der Waals surface area contributed by atoms with Gasteiger partial charge < -0.3 is 9.84 Å². The Morgan fingerprint density at radius 3 is 2.68 bits per heavy atom. The number of thiophene rings is 1. The molecule has 0 aliphatic rings. The lowest BCUT2D eigenvalue weighted by molar-refractivity contribution is -0.116. The fourth-order valence-electron chi connectivity index (χ4n) is 3.05. The van der Waals surface area contributed by atoms with Gasteiger partial charge in [-0.05, 0) is 17.0 Å². The summed E-state index contributed by atoms with van der Waals surface area (Å²) in [7, 11) is 0. The van der Waals surface area contributed by atoms with Crippen molar-refractivity contribution in [3.05, 3.63) is 71.1 Å². The molecule has 0 fully saturated rings. The first-order chi connectivity index (χ1) is 14.9. The maximum absolute atomic E-state index is 12.6. The molecule has 8 heteroatoms. The lowest BCUT2D eigenvalue weighted by Gasteiger charge is -2.14. The molecule has 4 aromatic rings. The van der Waals surface area contributed by atoms with Crippen molar-refractivity contribution in [2.24, 2.45) is 0 Å². The van der Waals surface area contributed by atoms with Crippen LogP contribution in [0.5, 0.6) is 0 Å². The van der Waals surface area contributed by atoms with Gasteiger partial charge in [0, 0.05) is 24.3 Å². The van der Waals surface area contributed by atoms with E-state index in [1.165, 1.54) is 0 Å². The molecule has 4 rings (SSSR count). The first-order valence-electron chi connectivity index (χ1n) is 10.2. The van der Waals surface area contributed by atoms with E-state index in [2.05, 4.69) is 36.2 Å². The smallest absolute Gasteiger partial charge is 0.227 e. The number of aryl methyl sites for hydroxylation is 1. The van der Waals surface area contributed by atoms with Gasteiger partial charge in [0.05, 0.1) is 17.1 Å². The van der Waals surface area contributed by atoms with E-state index in [1.54, 1.807) is 11.3 Å². The normalized spacial score (nSPS) is 11.6. The van der Waals surface area contributed by atoms with Gasteiger partial charge in [0.1, 0.15) is 5.82 Å². The molecule has 1 N–H and O–H groups in total. The molecule has 3 aromatic heterocycles. The molecule has 1 amide bonds. The Kier molecular flexibility index (Phi) is 5.99. The number of aromatic nitrogens is 4. The number of nitrogens with one attached hydrogen (secondary N) is 1. The van der Waals surface area contributed by atoms with Crippen molar-refractivity contribution in [2.45, 2.75) is 45.6 Å². The van der Waals surface area contributed by atoms with E-state index in [0.717, 1.165) is 16.1 Å². The molecule has 3 heterocycles. The van der Waals surface area contributed by atoms with Crippen molar-refractivity contribution >= 4 is 23.1 Å². The van der Waals surface area contributed by atoms with Crippen LogP contribution in [-0.2, 0) is 23.2 Å². The van der Waals surface area contributed by atoms with Crippen molar-refractivity contribution in [3.63, 3.8) is 0 Å². The van der Waals surface area contributed by atoms with Gasteiger partial charge in [-0.2, -0.15) is 10.1 Å². The van der Waals surface area contributed by atoms with Crippen molar-refractivity contribution < 1.29 is 9.32 Å². The van der Waals surface area contributed by atoms with Crippen LogP contribution in [0.2, 0.25) is 0 Å². The van der Waals surface area contributed by atoms with Crippen LogP contribution in [0, 0.1) is 0 Å². The van der Waals surface area contributed by atoms with E-state index in [4.69, 9.17) is 9.62 Å². The van der Waals surface area contributed by atoms with Crippen LogP contribution >= 0.6 is 11.3 Å². The highest BCUT2D eigenvalue weighted by Gasteiger charge is 2.21. The van der Waals surface area contributed by atoms with E-state index >= 15 is 0 Å². The zero-order chi connectivity index (χ0) is 21.8. The fourth-order valence-corrected chi connectivity index (χ4v) is 3.70. The topological polar surface area (TPSA) is 85.8 Å². The largest absolute Gasteiger partial charge is 0.339 e. The number of carbonyl (C=O) groups excluding carboxylic acids is 1. The molecule has 0 saturated carbocycles. The molecule has 31 heavy (non-hydrogen) atoms. The Bertz CT molecular complexity index is 1140. The highest BCUT2D eigenvalue weighted by atomic mass is 32.1. The van der Waals surface area contributed by atoms with Gasteiger partial charge in [0.15, 0.2) is 0 Å². The maximum atomic E-state index is 12.6. The number of amides is 1. The number of hydrogen-bond acceptors (Lipinski definition) is 6. The first-order valence-corrected chi connectivity index (χ1v) is 11.0. The SMILES string of the molecule is CC(C)(C)c1cc(NC(=O)CCc2nc(-c3cccs3)no2)n(Cc2ccccc2)n1. The van der Waals surface area contributed by atoms with Crippen LogP contribution in [0.15, 0.2) is 58.4 Å². The van der Waals surface area contributed by atoms with E-state index < -0.39 is 0 Å². The van der Waals surface area contributed by atoms with Crippen molar-refractivity contribution in [1.82, 2.24) is 19.9 Å². The third-order valence-electron chi connectivity index (χ3n) is 4.77. The molecule has 0 aliphatic heterocycles. The van der Waals surface area contributed by atoms with Gasteiger partial charge in [-0.3, -0.25) is 4.79 Å². The van der Waals surface area contributed by atoms with Gasteiger partial charge in [-0.15, -0.1) is 11.3 Å². The zero-order valence-electron chi connectivity index (χ0n) is 17.8. The maximum Gasteiger partial charge on any atom is 0.227 e. The molecular formula is C23H25N5O2S. The minimum atomic E-state index is -0.122. The summed E-state index contributed by atoms with van der Waals surface area (Å²) in [6.07, 6.45) is 0.622. The quantitative estimate of drug-likeness (QED) is 0.446. The molecule has 7 nitrogen and oxygen atoms in total. The second-order valence-electron chi connectivity index (χ2n) is 8.35. The molecular weight excluding hydrogens is 410 g/mol. The van der Waals surface area contributed by atoms with Crippen molar-refractivity contribution in [2.75, 3.05) is 5.32 Å².